The van der Waals surface area contributed by atoms with Crippen molar-refractivity contribution < 1.29 is 14.5 Å². The molecule has 0 fully saturated rings. The number of carbonyl (C=O) groups is 1. The van der Waals surface area contributed by atoms with Gasteiger partial charge in [0, 0.05) is 24.9 Å². The minimum Gasteiger partial charge on any atom is -0.457 e. The Balaban J connectivity index is 1.70. The lowest BCUT2D eigenvalue weighted by Crippen LogP contribution is -2.33. The standard InChI is InChI=1S/C20H17N3O5/c1-21(20(25)14-22-13-16(23(26)27)9-12-19(22)24)15-7-10-18(11-8-15)28-17-5-3-2-4-6-17/h2-13H,14H2,1H3. The topological polar surface area (TPSA) is 94.7 Å². The van der Waals surface area contributed by atoms with E-state index in [0.717, 1.165) is 22.9 Å². The molecule has 0 saturated carbocycles. The van der Waals surface area contributed by atoms with Crippen LogP contribution in [0.25, 0.3) is 0 Å². The van der Waals surface area contributed by atoms with Crippen LogP contribution in [-0.2, 0) is 11.3 Å². The van der Waals surface area contributed by atoms with Crippen LogP contribution in [0.15, 0.2) is 77.7 Å². The first kappa shape index (κ1) is 18.8. The lowest BCUT2D eigenvalue weighted by molar-refractivity contribution is -0.385. The van der Waals surface area contributed by atoms with E-state index in [4.69, 9.17) is 4.74 Å². The van der Waals surface area contributed by atoms with E-state index < -0.39 is 10.5 Å². The van der Waals surface area contributed by atoms with Crippen LogP contribution in [0, 0.1) is 10.1 Å². The summed E-state index contributed by atoms with van der Waals surface area (Å²) in [5.74, 6) is 0.926. The average Bonchev–Trinajstić information content (AvgIpc) is 2.70. The first-order valence-corrected chi connectivity index (χ1v) is 8.38. The Hall–Kier alpha value is -3.94. The molecule has 0 spiro atoms. The number of hydrogen-bond acceptors (Lipinski definition) is 5. The van der Waals surface area contributed by atoms with Crippen molar-refractivity contribution in [1.82, 2.24) is 4.57 Å². The molecule has 0 saturated heterocycles. The fraction of sp³-hybridized carbons (Fsp3) is 0.100. The van der Waals surface area contributed by atoms with Gasteiger partial charge in [-0.3, -0.25) is 24.3 Å². The SMILES string of the molecule is CN(C(=O)Cn1cc([N+](=O)[O-])ccc1=O)c1ccc(Oc2ccccc2)cc1. The van der Waals surface area contributed by atoms with E-state index in [1.54, 1.807) is 31.3 Å². The highest BCUT2D eigenvalue weighted by atomic mass is 16.6. The molecule has 0 radical (unpaired) electrons. The van der Waals surface area contributed by atoms with Crippen molar-refractivity contribution in [3.8, 4) is 11.5 Å². The van der Waals surface area contributed by atoms with Gasteiger partial charge in [0.05, 0.1) is 11.1 Å². The second-order valence-corrected chi connectivity index (χ2v) is 5.97. The summed E-state index contributed by atoms with van der Waals surface area (Å²) in [4.78, 5) is 36.0. The minimum atomic E-state index is -0.615. The molecule has 142 valence electrons. The number of pyridine rings is 1. The molecular formula is C20H17N3O5. The molecule has 1 heterocycles. The lowest BCUT2D eigenvalue weighted by Gasteiger charge is -2.18. The predicted octanol–water partition coefficient (Wildman–Crippen LogP) is 3.21. The van der Waals surface area contributed by atoms with Gasteiger partial charge in [-0.2, -0.15) is 0 Å². The largest absolute Gasteiger partial charge is 0.457 e. The van der Waals surface area contributed by atoms with Crippen molar-refractivity contribution in [2.24, 2.45) is 0 Å². The average molecular weight is 379 g/mol. The zero-order chi connectivity index (χ0) is 20.1. The smallest absolute Gasteiger partial charge is 0.285 e. The van der Waals surface area contributed by atoms with E-state index in [1.165, 1.54) is 4.90 Å². The maximum absolute atomic E-state index is 12.5. The predicted molar refractivity (Wildman–Crippen MR) is 104 cm³/mol. The first-order chi connectivity index (χ1) is 13.4. The zero-order valence-corrected chi connectivity index (χ0v) is 15.0. The van der Waals surface area contributed by atoms with E-state index in [9.17, 15) is 19.7 Å². The summed E-state index contributed by atoms with van der Waals surface area (Å²) >= 11 is 0. The normalized spacial score (nSPS) is 10.3. The molecule has 0 aliphatic carbocycles. The number of nitro groups is 1. The second kappa shape index (κ2) is 8.17. The number of para-hydroxylation sites is 1. The Morgan fingerprint density at radius 2 is 1.68 bits per heavy atom. The van der Waals surface area contributed by atoms with Gasteiger partial charge in [0.2, 0.25) is 5.91 Å². The maximum Gasteiger partial charge on any atom is 0.285 e. The Labute approximate surface area is 160 Å². The molecule has 28 heavy (non-hydrogen) atoms. The number of hydrogen-bond donors (Lipinski definition) is 0. The van der Waals surface area contributed by atoms with Crippen LogP contribution in [0.1, 0.15) is 0 Å². The van der Waals surface area contributed by atoms with E-state index in [1.807, 2.05) is 30.3 Å². The quantitative estimate of drug-likeness (QED) is 0.484. The van der Waals surface area contributed by atoms with Crippen LogP contribution >= 0.6 is 0 Å². The third-order valence-electron chi connectivity index (χ3n) is 4.06. The van der Waals surface area contributed by atoms with E-state index in [-0.39, 0.29) is 18.1 Å². The molecule has 0 bridgehead atoms. The molecule has 8 nitrogen and oxygen atoms in total. The number of amides is 1. The molecule has 3 aromatic rings. The van der Waals surface area contributed by atoms with Crippen LogP contribution < -0.4 is 15.2 Å². The van der Waals surface area contributed by atoms with E-state index >= 15 is 0 Å². The van der Waals surface area contributed by atoms with Crippen molar-refractivity contribution in [2.45, 2.75) is 6.54 Å². The van der Waals surface area contributed by atoms with E-state index in [2.05, 4.69) is 0 Å². The summed E-state index contributed by atoms with van der Waals surface area (Å²) in [7, 11) is 1.57. The third-order valence-corrected chi connectivity index (χ3v) is 4.06. The number of anilines is 1. The number of likely N-dealkylation sites (N-methyl/N-ethyl adjacent to an activating group) is 1. The van der Waals surface area contributed by atoms with Gasteiger partial charge in [0.1, 0.15) is 18.0 Å². The van der Waals surface area contributed by atoms with Crippen molar-refractivity contribution in [1.29, 1.82) is 0 Å². The molecule has 0 aliphatic rings. The third kappa shape index (κ3) is 4.42. The van der Waals surface area contributed by atoms with Gasteiger partial charge in [0.25, 0.3) is 11.2 Å². The van der Waals surface area contributed by atoms with Crippen molar-refractivity contribution >= 4 is 17.3 Å². The van der Waals surface area contributed by atoms with Gasteiger partial charge < -0.3 is 9.64 Å². The Kier molecular flexibility index (Phi) is 5.50. The molecule has 2 aromatic carbocycles. The maximum atomic E-state index is 12.5. The van der Waals surface area contributed by atoms with Crippen LogP contribution in [0.5, 0.6) is 11.5 Å². The van der Waals surface area contributed by atoms with Gasteiger partial charge in [-0.15, -0.1) is 0 Å². The Morgan fingerprint density at radius 3 is 2.32 bits per heavy atom. The highest BCUT2D eigenvalue weighted by Crippen LogP contribution is 2.24. The number of benzene rings is 2. The second-order valence-electron chi connectivity index (χ2n) is 5.97. The van der Waals surface area contributed by atoms with Gasteiger partial charge in [-0.1, -0.05) is 18.2 Å². The zero-order valence-electron chi connectivity index (χ0n) is 15.0. The Morgan fingerprint density at radius 1 is 1.04 bits per heavy atom. The van der Waals surface area contributed by atoms with Crippen LogP contribution in [-0.4, -0.2) is 22.4 Å². The fourth-order valence-corrected chi connectivity index (χ4v) is 2.51. The van der Waals surface area contributed by atoms with Crippen molar-refractivity contribution in [3.63, 3.8) is 0 Å². The summed E-state index contributed by atoms with van der Waals surface area (Å²) < 4.78 is 6.73. The highest BCUT2D eigenvalue weighted by Gasteiger charge is 2.15. The molecule has 0 N–H and O–H groups in total. The van der Waals surface area contributed by atoms with Gasteiger partial charge >= 0.3 is 0 Å². The summed E-state index contributed by atoms with van der Waals surface area (Å²) in [6.07, 6.45) is 1.06. The van der Waals surface area contributed by atoms with E-state index in [0.29, 0.717) is 17.2 Å². The number of nitrogens with zero attached hydrogens (tertiary/aromatic N) is 3. The van der Waals surface area contributed by atoms with Crippen molar-refractivity contribution in [2.75, 3.05) is 11.9 Å². The molecule has 0 aliphatic heterocycles. The molecule has 1 aromatic heterocycles. The molecule has 1 amide bonds. The lowest BCUT2D eigenvalue weighted by atomic mass is 10.2. The number of rotatable bonds is 6. The first-order valence-electron chi connectivity index (χ1n) is 8.38. The number of ether oxygens (including phenoxy) is 1. The van der Waals surface area contributed by atoms with Gasteiger partial charge in [0.15, 0.2) is 0 Å². The fourth-order valence-electron chi connectivity index (χ4n) is 2.51. The summed E-state index contributed by atoms with van der Waals surface area (Å²) in [6.45, 7) is -0.306. The monoisotopic (exact) mass is 379 g/mol. The molecule has 0 unspecified atom stereocenters. The molecule has 8 heteroatoms. The summed E-state index contributed by atoms with van der Waals surface area (Å²) in [6, 6.07) is 18.4. The molecule has 0 atom stereocenters. The number of carbonyl (C=O) groups excluding carboxylic acids is 1. The highest BCUT2D eigenvalue weighted by molar-refractivity contribution is 5.92. The Bertz CT molecular complexity index is 1050. The van der Waals surface area contributed by atoms with Crippen molar-refractivity contribution in [3.05, 3.63) is 93.4 Å². The van der Waals surface area contributed by atoms with Crippen LogP contribution in [0.3, 0.4) is 0 Å². The molecular weight excluding hydrogens is 362 g/mol. The van der Waals surface area contributed by atoms with Gasteiger partial charge in [-0.05, 0) is 36.4 Å². The molecule has 3 rings (SSSR count). The minimum absolute atomic E-state index is 0.252. The summed E-state index contributed by atoms with van der Waals surface area (Å²) in [5, 5.41) is 10.9. The van der Waals surface area contributed by atoms with Crippen LogP contribution in [0.4, 0.5) is 11.4 Å². The number of aromatic nitrogens is 1. The van der Waals surface area contributed by atoms with Crippen LogP contribution in [0.2, 0.25) is 0 Å². The summed E-state index contributed by atoms with van der Waals surface area (Å²) in [5.41, 5.74) is -0.139. The van der Waals surface area contributed by atoms with Gasteiger partial charge in [-0.25, -0.2) is 0 Å².